The Bertz CT molecular complexity index is 589. The summed E-state index contributed by atoms with van der Waals surface area (Å²) in [6, 6.07) is 2.12. The summed E-state index contributed by atoms with van der Waals surface area (Å²) in [5.41, 5.74) is 0. The number of carbonyl (C=O) groups excluding carboxylic acids is 1. The molecule has 0 heterocycles. The monoisotopic (exact) mass is 307 g/mol. The van der Waals surface area contributed by atoms with E-state index >= 15 is 0 Å². The lowest BCUT2D eigenvalue weighted by molar-refractivity contribution is -0.143. The van der Waals surface area contributed by atoms with E-state index in [0.717, 1.165) is 16.4 Å². The van der Waals surface area contributed by atoms with E-state index in [1.54, 1.807) is 6.92 Å². The lowest BCUT2D eigenvalue weighted by Gasteiger charge is -2.19. The van der Waals surface area contributed by atoms with Crippen LogP contribution < -0.4 is 0 Å². The summed E-state index contributed by atoms with van der Waals surface area (Å²) in [7, 11) is -4.30. The topological polar surface area (TPSA) is 63.7 Å². The van der Waals surface area contributed by atoms with E-state index in [9.17, 15) is 22.0 Å². The summed E-state index contributed by atoms with van der Waals surface area (Å²) in [4.78, 5) is 10.5. The van der Waals surface area contributed by atoms with Crippen LogP contribution in [0.3, 0.4) is 0 Å². The summed E-state index contributed by atoms with van der Waals surface area (Å²) >= 11 is 0. The molecule has 1 aromatic carbocycles. The molecule has 1 rings (SSSR count). The molecule has 5 nitrogen and oxygen atoms in total. The Balaban J connectivity index is 3.12. The second kappa shape index (κ2) is 6.76. The molecule has 1 aromatic rings. The second-order valence-corrected chi connectivity index (χ2v) is 5.72. The first-order valence-electron chi connectivity index (χ1n) is 5.93. The Morgan fingerprint density at radius 3 is 2.50 bits per heavy atom. The molecule has 0 saturated carbocycles. The molecule has 20 heavy (non-hydrogen) atoms. The maximum Gasteiger partial charge on any atom is 0.321 e. The minimum Gasteiger partial charge on any atom is -0.465 e. The number of rotatable bonds is 6. The van der Waals surface area contributed by atoms with Gasteiger partial charge in [-0.1, -0.05) is 6.92 Å². The number of nitrogens with zero attached hydrogens (tertiary/aromatic N) is 1. The molecule has 0 fully saturated rings. The molecule has 0 amide bonds. The van der Waals surface area contributed by atoms with Gasteiger partial charge >= 0.3 is 5.97 Å². The van der Waals surface area contributed by atoms with E-state index in [-0.39, 0.29) is 13.2 Å². The first kappa shape index (κ1) is 16.5. The van der Waals surface area contributed by atoms with Crippen LogP contribution in [0.2, 0.25) is 0 Å². The zero-order valence-corrected chi connectivity index (χ0v) is 11.9. The Labute approximate surface area is 116 Å². The predicted molar refractivity (Wildman–Crippen MR) is 67.4 cm³/mol. The van der Waals surface area contributed by atoms with Gasteiger partial charge in [0.2, 0.25) is 10.0 Å². The number of sulfonamides is 1. The average molecular weight is 307 g/mol. The quantitative estimate of drug-likeness (QED) is 0.748. The first-order valence-corrected chi connectivity index (χ1v) is 7.37. The largest absolute Gasteiger partial charge is 0.465 e. The smallest absolute Gasteiger partial charge is 0.321 e. The normalized spacial score (nSPS) is 11.7. The van der Waals surface area contributed by atoms with Crippen molar-refractivity contribution in [2.75, 3.05) is 19.7 Å². The molecule has 0 aliphatic heterocycles. The fourth-order valence-electron chi connectivity index (χ4n) is 1.53. The number of carbonyl (C=O) groups is 1. The molecule has 0 unspecified atom stereocenters. The second-order valence-electron chi connectivity index (χ2n) is 3.81. The van der Waals surface area contributed by atoms with Crippen molar-refractivity contribution in [3.05, 3.63) is 29.8 Å². The van der Waals surface area contributed by atoms with Gasteiger partial charge in [-0.25, -0.2) is 17.2 Å². The number of ether oxygens (including phenoxy) is 1. The molecule has 0 bridgehead atoms. The SMILES string of the molecule is CCOC(=O)CN(CC)S(=O)(=O)c1cc(F)ccc1F. The zero-order valence-electron chi connectivity index (χ0n) is 11.1. The van der Waals surface area contributed by atoms with Crippen LogP contribution in [-0.4, -0.2) is 38.4 Å². The third-order valence-corrected chi connectivity index (χ3v) is 4.41. The molecule has 8 heteroatoms. The van der Waals surface area contributed by atoms with E-state index < -0.39 is 39.1 Å². The number of hydrogen-bond acceptors (Lipinski definition) is 4. The lowest BCUT2D eigenvalue weighted by atomic mass is 10.3. The molecule has 0 aliphatic rings. The van der Waals surface area contributed by atoms with Gasteiger partial charge in [0.15, 0.2) is 0 Å². The van der Waals surface area contributed by atoms with Crippen LogP contribution in [0.1, 0.15) is 13.8 Å². The lowest BCUT2D eigenvalue weighted by Crippen LogP contribution is -2.36. The van der Waals surface area contributed by atoms with E-state index in [1.165, 1.54) is 6.92 Å². The van der Waals surface area contributed by atoms with Crippen LogP contribution in [0.5, 0.6) is 0 Å². The molecule has 112 valence electrons. The van der Waals surface area contributed by atoms with Gasteiger partial charge in [0, 0.05) is 6.54 Å². The Hall–Kier alpha value is -1.54. The van der Waals surface area contributed by atoms with Gasteiger partial charge in [-0.15, -0.1) is 0 Å². The fraction of sp³-hybridized carbons (Fsp3) is 0.417. The predicted octanol–water partition coefficient (Wildman–Crippen LogP) is 1.54. The van der Waals surface area contributed by atoms with Crippen LogP contribution in [0.25, 0.3) is 0 Å². The molecule has 0 N–H and O–H groups in total. The Morgan fingerprint density at radius 1 is 1.30 bits per heavy atom. The summed E-state index contributed by atoms with van der Waals surface area (Å²) in [6.07, 6.45) is 0. The third-order valence-electron chi connectivity index (χ3n) is 2.47. The number of hydrogen-bond donors (Lipinski definition) is 0. The highest BCUT2D eigenvalue weighted by Gasteiger charge is 2.28. The first-order chi connectivity index (χ1) is 9.32. The Morgan fingerprint density at radius 2 is 1.95 bits per heavy atom. The number of likely N-dealkylation sites (N-methyl/N-ethyl adjacent to an activating group) is 1. The molecule has 0 aromatic heterocycles. The minimum atomic E-state index is -4.30. The van der Waals surface area contributed by atoms with Gasteiger partial charge in [-0.3, -0.25) is 4.79 Å². The highest BCUT2D eigenvalue weighted by atomic mass is 32.2. The van der Waals surface area contributed by atoms with Crippen molar-refractivity contribution in [1.82, 2.24) is 4.31 Å². The van der Waals surface area contributed by atoms with E-state index in [4.69, 9.17) is 0 Å². The summed E-state index contributed by atoms with van der Waals surface area (Å²) in [5.74, 6) is -2.71. The molecule has 0 atom stereocenters. The highest BCUT2D eigenvalue weighted by Crippen LogP contribution is 2.20. The van der Waals surface area contributed by atoms with E-state index in [2.05, 4.69) is 4.74 Å². The van der Waals surface area contributed by atoms with Crippen molar-refractivity contribution >= 4 is 16.0 Å². The maximum atomic E-state index is 13.6. The zero-order chi connectivity index (χ0) is 15.3. The van der Waals surface area contributed by atoms with E-state index in [0.29, 0.717) is 6.07 Å². The van der Waals surface area contributed by atoms with Gasteiger partial charge in [0.05, 0.1) is 6.61 Å². The molecule has 0 radical (unpaired) electrons. The highest BCUT2D eigenvalue weighted by molar-refractivity contribution is 7.89. The number of benzene rings is 1. The van der Waals surface area contributed by atoms with Gasteiger partial charge in [-0.2, -0.15) is 4.31 Å². The van der Waals surface area contributed by atoms with Crippen molar-refractivity contribution in [3.8, 4) is 0 Å². The molecule has 0 spiro atoms. The summed E-state index contributed by atoms with van der Waals surface area (Å²) < 4.78 is 56.4. The van der Waals surface area contributed by atoms with Crippen LogP contribution in [0.4, 0.5) is 8.78 Å². The maximum absolute atomic E-state index is 13.6. The van der Waals surface area contributed by atoms with Crippen LogP contribution >= 0.6 is 0 Å². The minimum absolute atomic E-state index is 0.0723. The summed E-state index contributed by atoms with van der Waals surface area (Å²) in [5, 5.41) is 0. The van der Waals surface area contributed by atoms with Crippen molar-refractivity contribution < 1.29 is 26.7 Å². The molecular formula is C12H15F2NO4S. The molecule has 0 aliphatic carbocycles. The standard InChI is InChI=1S/C12H15F2NO4S/c1-3-15(8-12(16)19-4-2)20(17,18)11-7-9(13)5-6-10(11)14/h5-7H,3-4,8H2,1-2H3. The van der Waals surface area contributed by atoms with E-state index in [1.807, 2.05) is 0 Å². The fourth-order valence-corrected chi connectivity index (χ4v) is 3.00. The van der Waals surface area contributed by atoms with Gasteiger partial charge < -0.3 is 4.74 Å². The van der Waals surface area contributed by atoms with Gasteiger partial charge in [-0.05, 0) is 25.1 Å². The molecule has 0 saturated heterocycles. The number of halogens is 2. The summed E-state index contributed by atoms with van der Waals surface area (Å²) in [6.45, 7) is 2.54. The van der Waals surface area contributed by atoms with Crippen LogP contribution in [-0.2, 0) is 19.6 Å². The van der Waals surface area contributed by atoms with Crippen molar-refractivity contribution in [1.29, 1.82) is 0 Å². The van der Waals surface area contributed by atoms with Crippen molar-refractivity contribution in [2.45, 2.75) is 18.7 Å². The number of esters is 1. The van der Waals surface area contributed by atoms with Gasteiger partial charge in [0.1, 0.15) is 23.1 Å². The third kappa shape index (κ3) is 3.73. The van der Waals surface area contributed by atoms with Crippen molar-refractivity contribution in [2.24, 2.45) is 0 Å². The Kier molecular flexibility index (Phi) is 5.58. The van der Waals surface area contributed by atoms with Crippen molar-refractivity contribution in [3.63, 3.8) is 0 Å². The van der Waals surface area contributed by atoms with Crippen LogP contribution in [0.15, 0.2) is 23.1 Å². The average Bonchev–Trinajstić information content (AvgIpc) is 2.38. The van der Waals surface area contributed by atoms with Crippen LogP contribution in [0, 0.1) is 11.6 Å². The van der Waals surface area contributed by atoms with Gasteiger partial charge in [0.25, 0.3) is 0 Å². The molecular weight excluding hydrogens is 292 g/mol.